The van der Waals surface area contributed by atoms with Gasteiger partial charge in [0.25, 0.3) is 0 Å². The molecule has 2 aromatic heterocycles. The van der Waals surface area contributed by atoms with Crippen molar-refractivity contribution in [3.8, 4) is 11.6 Å². The second-order valence-corrected chi connectivity index (χ2v) is 4.91. The highest BCUT2D eigenvalue weighted by molar-refractivity contribution is 5.44. The molecule has 1 aliphatic rings. The number of aliphatic hydroxyl groups is 1. The Bertz CT molecular complexity index is 540. The van der Waals surface area contributed by atoms with Gasteiger partial charge in [-0.15, -0.1) is 0 Å². The first-order chi connectivity index (χ1) is 9.76. The molecular weight excluding hydrogens is 262 g/mol. The van der Waals surface area contributed by atoms with E-state index in [2.05, 4.69) is 22.0 Å². The highest BCUT2D eigenvalue weighted by atomic mass is 16.5. The minimum Gasteiger partial charge on any atom is -0.461 e. The number of furan rings is 1. The first kappa shape index (κ1) is 13.3. The van der Waals surface area contributed by atoms with Crippen LogP contribution in [0.4, 0.5) is 0 Å². The Kier molecular flexibility index (Phi) is 3.81. The van der Waals surface area contributed by atoms with Gasteiger partial charge in [-0.05, 0) is 19.1 Å². The van der Waals surface area contributed by atoms with Crippen LogP contribution in [0.5, 0.6) is 0 Å². The number of hydrogen-bond donors (Lipinski definition) is 1. The van der Waals surface area contributed by atoms with E-state index in [1.54, 1.807) is 18.4 Å². The van der Waals surface area contributed by atoms with Gasteiger partial charge in [0.2, 0.25) is 11.7 Å². The number of rotatable bonds is 4. The van der Waals surface area contributed by atoms with E-state index in [9.17, 15) is 5.11 Å². The highest BCUT2D eigenvalue weighted by Crippen LogP contribution is 2.18. The molecule has 3 heterocycles. The molecule has 0 bridgehead atoms. The molecule has 3 rings (SSSR count). The second kappa shape index (κ2) is 5.74. The lowest BCUT2D eigenvalue weighted by atomic mass is 10.2. The summed E-state index contributed by atoms with van der Waals surface area (Å²) in [6.45, 7) is 3.86. The minimum atomic E-state index is -0.154. The third kappa shape index (κ3) is 2.74. The van der Waals surface area contributed by atoms with Crippen LogP contribution in [0.15, 0.2) is 27.3 Å². The maximum absolute atomic E-state index is 9.17. The van der Waals surface area contributed by atoms with E-state index in [0.717, 1.165) is 0 Å². The monoisotopic (exact) mass is 279 g/mol. The van der Waals surface area contributed by atoms with Crippen molar-refractivity contribution in [3.05, 3.63) is 24.3 Å². The van der Waals surface area contributed by atoms with Crippen LogP contribution in [0.1, 0.15) is 12.8 Å². The summed E-state index contributed by atoms with van der Waals surface area (Å²) in [6, 6.07) is 3.81. The van der Waals surface area contributed by atoms with Crippen LogP contribution in [0.3, 0.4) is 0 Å². The molecule has 2 atom stereocenters. The molecule has 1 N–H and O–H groups in total. The molecule has 0 spiro atoms. The quantitative estimate of drug-likeness (QED) is 0.890. The van der Waals surface area contributed by atoms with Crippen LogP contribution in [0.2, 0.25) is 0 Å². The molecule has 7 nitrogen and oxygen atoms in total. The minimum absolute atomic E-state index is 0.0186. The van der Waals surface area contributed by atoms with Gasteiger partial charge in [-0.2, -0.15) is 4.98 Å². The number of hydrogen-bond acceptors (Lipinski definition) is 7. The molecule has 7 heteroatoms. The molecule has 0 aliphatic carbocycles. The van der Waals surface area contributed by atoms with Crippen LogP contribution >= 0.6 is 0 Å². The molecule has 2 unspecified atom stereocenters. The summed E-state index contributed by atoms with van der Waals surface area (Å²) in [5.74, 6) is 1.56. The Morgan fingerprint density at radius 2 is 2.40 bits per heavy atom. The SMILES string of the molecule is CC1COC(CO)CN1Cc1nc(-c2ccco2)no1. The van der Waals surface area contributed by atoms with Crippen molar-refractivity contribution in [2.24, 2.45) is 0 Å². The molecule has 1 aliphatic heterocycles. The Balaban J connectivity index is 1.68. The first-order valence-corrected chi connectivity index (χ1v) is 6.59. The molecule has 108 valence electrons. The van der Waals surface area contributed by atoms with Crippen LogP contribution in [0.25, 0.3) is 11.6 Å². The fourth-order valence-corrected chi connectivity index (χ4v) is 2.20. The van der Waals surface area contributed by atoms with Crippen LogP contribution in [-0.2, 0) is 11.3 Å². The lowest BCUT2D eigenvalue weighted by Gasteiger charge is -2.36. The summed E-state index contributed by atoms with van der Waals surface area (Å²) in [7, 11) is 0. The number of morpholine rings is 1. The topological polar surface area (TPSA) is 84.8 Å². The van der Waals surface area contributed by atoms with Crippen molar-refractivity contribution in [1.29, 1.82) is 0 Å². The van der Waals surface area contributed by atoms with Gasteiger partial charge in [-0.1, -0.05) is 5.16 Å². The van der Waals surface area contributed by atoms with E-state index >= 15 is 0 Å². The number of ether oxygens (including phenoxy) is 1. The van der Waals surface area contributed by atoms with Crippen molar-refractivity contribution in [1.82, 2.24) is 15.0 Å². The average Bonchev–Trinajstić information content (AvgIpc) is 3.12. The van der Waals surface area contributed by atoms with Gasteiger partial charge >= 0.3 is 0 Å². The van der Waals surface area contributed by atoms with E-state index < -0.39 is 0 Å². The number of nitrogens with zero attached hydrogens (tertiary/aromatic N) is 3. The van der Waals surface area contributed by atoms with Gasteiger partial charge in [0, 0.05) is 12.6 Å². The van der Waals surface area contributed by atoms with E-state index in [1.807, 2.05) is 0 Å². The Morgan fingerprint density at radius 1 is 1.50 bits per heavy atom. The molecule has 0 saturated carbocycles. The second-order valence-electron chi connectivity index (χ2n) is 4.91. The van der Waals surface area contributed by atoms with Crippen molar-refractivity contribution in [3.63, 3.8) is 0 Å². The van der Waals surface area contributed by atoms with Gasteiger partial charge in [-0.3, -0.25) is 4.90 Å². The molecule has 0 radical (unpaired) electrons. The van der Waals surface area contributed by atoms with Gasteiger partial charge in [0.15, 0.2) is 5.76 Å². The van der Waals surface area contributed by atoms with Crippen molar-refractivity contribution < 1.29 is 18.8 Å². The predicted molar refractivity (Wildman–Crippen MR) is 68.7 cm³/mol. The summed E-state index contributed by atoms with van der Waals surface area (Å²) in [4.78, 5) is 6.47. The summed E-state index contributed by atoms with van der Waals surface area (Å²) in [5.41, 5.74) is 0. The molecule has 20 heavy (non-hydrogen) atoms. The fraction of sp³-hybridized carbons (Fsp3) is 0.538. The zero-order valence-electron chi connectivity index (χ0n) is 11.2. The molecule has 0 amide bonds. The Morgan fingerprint density at radius 3 is 3.15 bits per heavy atom. The van der Waals surface area contributed by atoms with Gasteiger partial charge in [0.1, 0.15) is 0 Å². The van der Waals surface area contributed by atoms with Crippen LogP contribution < -0.4 is 0 Å². The molecule has 1 saturated heterocycles. The summed E-state index contributed by atoms with van der Waals surface area (Å²) < 4.78 is 16.0. The van der Waals surface area contributed by atoms with Crippen molar-refractivity contribution in [2.45, 2.75) is 25.6 Å². The lowest BCUT2D eigenvalue weighted by molar-refractivity contribution is -0.0827. The summed E-state index contributed by atoms with van der Waals surface area (Å²) in [5, 5.41) is 13.1. The average molecular weight is 279 g/mol. The number of aliphatic hydroxyl groups excluding tert-OH is 1. The Labute approximate surface area is 116 Å². The Hall–Kier alpha value is -1.70. The van der Waals surface area contributed by atoms with Gasteiger partial charge in [-0.25, -0.2) is 0 Å². The molecule has 1 fully saturated rings. The van der Waals surface area contributed by atoms with Crippen LogP contribution in [0, 0.1) is 0 Å². The van der Waals surface area contributed by atoms with Gasteiger partial charge in [0.05, 0.1) is 32.1 Å². The van der Waals surface area contributed by atoms with Crippen molar-refractivity contribution in [2.75, 3.05) is 19.8 Å². The lowest BCUT2D eigenvalue weighted by Crippen LogP contribution is -2.48. The largest absolute Gasteiger partial charge is 0.461 e. The molecule has 2 aromatic rings. The standard InChI is InChI=1S/C13H17N3O4/c1-9-8-19-10(7-17)5-16(9)6-12-14-13(15-20-12)11-3-2-4-18-11/h2-4,9-10,17H,5-8H2,1H3. The predicted octanol–water partition coefficient (Wildman–Crippen LogP) is 0.911. The first-order valence-electron chi connectivity index (χ1n) is 6.59. The number of aromatic nitrogens is 2. The zero-order valence-corrected chi connectivity index (χ0v) is 11.2. The summed E-state index contributed by atoms with van der Waals surface area (Å²) >= 11 is 0. The van der Waals surface area contributed by atoms with Gasteiger partial charge < -0.3 is 18.8 Å². The molecular formula is C13H17N3O4. The normalized spacial score (nSPS) is 24.1. The van der Waals surface area contributed by atoms with E-state index in [1.165, 1.54) is 0 Å². The smallest absolute Gasteiger partial charge is 0.241 e. The summed E-state index contributed by atoms with van der Waals surface area (Å²) in [6.07, 6.45) is 1.42. The van der Waals surface area contributed by atoms with Crippen LogP contribution in [-0.4, -0.2) is 52.1 Å². The molecule has 0 aromatic carbocycles. The maximum Gasteiger partial charge on any atom is 0.241 e. The van der Waals surface area contributed by atoms with E-state index in [-0.39, 0.29) is 18.8 Å². The van der Waals surface area contributed by atoms with E-state index in [4.69, 9.17) is 13.7 Å². The zero-order chi connectivity index (χ0) is 13.9. The van der Waals surface area contributed by atoms with E-state index in [0.29, 0.717) is 37.2 Å². The van der Waals surface area contributed by atoms with Crippen molar-refractivity contribution >= 4 is 0 Å². The third-order valence-electron chi connectivity index (χ3n) is 3.39. The highest BCUT2D eigenvalue weighted by Gasteiger charge is 2.27. The maximum atomic E-state index is 9.17. The third-order valence-corrected chi connectivity index (χ3v) is 3.39. The fourth-order valence-electron chi connectivity index (χ4n) is 2.20.